The third-order valence-corrected chi connectivity index (χ3v) is 4.45. The number of hydrogen-bond acceptors (Lipinski definition) is 2. The van der Waals surface area contributed by atoms with Gasteiger partial charge in [-0.2, -0.15) is 0 Å². The number of halogens is 1. The Morgan fingerprint density at radius 3 is 2.79 bits per heavy atom. The number of rotatable bonds is 3. The molecule has 1 saturated carbocycles. The number of nitrogens with one attached hydrogen (secondary N) is 1. The monoisotopic (exact) mass is 324 g/mol. The van der Waals surface area contributed by atoms with Gasteiger partial charge in [0.2, 0.25) is 0 Å². The quantitative estimate of drug-likeness (QED) is 0.835. The highest BCUT2D eigenvalue weighted by Crippen LogP contribution is 2.29. The van der Waals surface area contributed by atoms with Crippen LogP contribution < -0.4 is 11.1 Å². The van der Waals surface area contributed by atoms with Crippen molar-refractivity contribution < 1.29 is 4.79 Å². The summed E-state index contributed by atoms with van der Waals surface area (Å²) in [4.78, 5) is 12.1. The van der Waals surface area contributed by atoms with Gasteiger partial charge in [0.05, 0.1) is 0 Å². The van der Waals surface area contributed by atoms with Gasteiger partial charge in [-0.15, -0.1) is 0 Å². The van der Waals surface area contributed by atoms with Crippen LogP contribution in [0.1, 0.15) is 43.0 Å². The summed E-state index contributed by atoms with van der Waals surface area (Å²) in [7, 11) is 0. The molecular weight excluding hydrogens is 304 g/mol. The molecule has 0 spiro atoms. The standard InChI is InChI=1S/C15H21BrN2O/c1-10-4-2-3-5-11(10)9-18-15(19)12-6-13(16)8-14(17)7-12/h6-8,10-11H,2-5,9,17H2,1H3,(H,18,19). The minimum Gasteiger partial charge on any atom is -0.399 e. The lowest BCUT2D eigenvalue weighted by atomic mass is 9.80. The Kier molecular flexibility index (Phi) is 4.86. The first-order chi connectivity index (χ1) is 9.06. The highest BCUT2D eigenvalue weighted by molar-refractivity contribution is 9.10. The fourth-order valence-corrected chi connectivity index (χ4v) is 3.28. The van der Waals surface area contributed by atoms with Crippen molar-refractivity contribution in [3.05, 3.63) is 28.2 Å². The second-order valence-electron chi connectivity index (χ2n) is 5.51. The van der Waals surface area contributed by atoms with Gasteiger partial charge < -0.3 is 11.1 Å². The van der Waals surface area contributed by atoms with Crippen molar-refractivity contribution in [1.29, 1.82) is 0 Å². The van der Waals surface area contributed by atoms with Crippen molar-refractivity contribution in [2.75, 3.05) is 12.3 Å². The van der Waals surface area contributed by atoms with Crippen molar-refractivity contribution in [1.82, 2.24) is 5.32 Å². The Hall–Kier alpha value is -1.03. The molecular formula is C15H21BrN2O. The van der Waals surface area contributed by atoms with Crippen LogP contribution in [0.5, 0.6) is 0 Å². The van der Waals surface area contributed by atoms with E-state index >= 15 is 0 Å². The normalized spacial score (nSPS) is 23.1. The molecule has 0 aromatic heterocycles. The maximum Gasteiger partial charge on any atom is 0.251 e. The zero-order valence-electron chi connectivity index (χ0n) is 11.3. The molecule has 19 heavy (non-hydrogen) atoms. The molecule has 3 nitrogen and oxygen atoms in total. The van der Waals surface area contributed by atoms with Crippen LogP contribution in [0.4, 0.5) is 5.69 Å². The van der Waals surface area contributed by atoms with Gasteiger partial charge in [-0.1, -0.05) is 42.1 Å². The summed E-state index contributed by atoms with van der Waals surface area (Å²) >= 11 is 3.36. The first-order valence-corrected chi connectivity index (χ1v) is 7.70. The zero-order valence-corrected chi connectivity index (χ0v) is 12.9. The Morgan fingerprint density at radius 1 is 1.37 bits per heavy atom. The SMILES string of the molecule is CC1CCCCC1CNC(=O)c1cc(N)cc(Br)c1. The molecule has 1 aromatic rings. The average molecular weight is 325 g/mol. The molecule has 2 unspecified atom stereocenters. The number of benzene rings is 1. The Balaban J connectivity index is 1.93. The van der Waals surface area contributed by atoms with Crippen molar-refractivity contribution in [3.8, 4) is 0 Å². The zero-order chi connectivity index (χ0) is 13.8. The molecule has 1 aromatic carbocycles. The first kappa shape index (κ1) is 14.4. The van der Waals surface area contributed by atoms with E-state index in [0.717, 1.165) is 11.0 Å². The molecule has 0 radical (unpaired) electrons. The molecule has 0 heterocycles. The Morgan fingerprint density at radius 2 is 2.11 bits per heavy atom. The van der Waals surface area contributed by atoms with E-state index in [1.807, 2.05) is 0 Å². The number of amides is 1. The third kappa shape index (κ3) is 3.96. The molecule has 3 N–H and O–H groups in total. The fourth-order valence-electron chi connectivity index (χ4n) is 2.77. The summed E-state index contributed by atoms with van der Waals surface area (Å²) in [5.41, 5.74) is 6.97. The largest absolute Gasteiger partial charge is 0.399 e. The van der Waals surface area contributed by atoms with Gasteiger partial charge in [-0.25, -0.2) is 0 Å². The summed E-state index contributed by atoms with van der Waals surface area (Å²) in [5.74, 6) is 1.29. The number of carbonyl (C=O) groups is 1. The van der Waals surface area contributed by atoms with E-state index in [2.05, 4.69) is 28.2 Å². The minimum absolute atomic E-state index is 0.0363. The summed E-state index contributed by atoms with van der Waals surface area (Å²) in [6.45, 7) is 3.06. The maximum absolute atomic E-state index is 12.1. The summed E-state index contributed by atoms with van der Waals surface area (Å²) in [6.07, 6.45) is 5.12. The van der Waals surface area contributed by atoms with Gasteiger partial charge in [0.1, 0.15) is 0 Å². The van der Waals surface area contributed by atoms with Crippen LogP contribution in [-0.4, -0.2) is 12.5 Å². The topological polar surface area (TPSA) is 55.1 Å². The molecule has 0 saturated heterocycles. The van der Waals surface area contributed by atoms with E-state index in [1.54, 1.807) is 18.2 Å². The summed E-state index contributed by atoms with van der Waals surface area (Å²) in [6, 6.07) is 5.31. The Bertz CT molecular complexity index is 441. The third-order valence-electron chi connectivity index (χ3n) is 4.00. The van der Waals surface area contributed by atoms with E-state index in [9.17, 15) is 4.79 Å². The van der Waals surface area contributed by atoms with Crippen molar-refractivity contribution in [2.45, 2.75) is 32.6 Å². The average Bonchev–Trinajstić information content (AvgIpc) is 2.36. The van der Waals surface area contributed by atoms with Crippen LogP contribution in [0.15, 0.2) is 22.7 Å². The molecule has 0 aliphatic heterocycles. The second kappa shape index (κ2) is 6.42. The van der Waals surface area contributed by atoms with Gasteiger partial charge in [-0.3, -0.25) is 4.79 Å². The molecule has 1 aliphatic rings. The molecule has 2 rings (SSSR count). The predicted molar refractivity (Wildman–Crippen MR) is 82.0 cm³/mol. The van der Waals surface area contributed by atoms with Gasteiger partial charge in [0.25, 0.3) is 5.91 Å². The highest BCUT2D eigenvalue weighted by atomic mass is 79.9. The number of nitrogens with two attached hydrogens (primary N) is 1. The van der Waals surface area contributed by atoms with Crippen molar-refractivity contribution in [2.24, 2.45) is 11.8 Å². The lowest BCUT2D eigenvalue weighted by Crippen LogP contribution is -2.33. The van der Waals surface area contributed by atoms with Crippen LogP contribution in [0, 0.1) is 11.8 Å². The summed E-state index contributed by atoms with van der Waals surface area (Å²) in [5, 5.41) is 3.04. The van der Waals surface area contributed by atoms with Crippen molar-refractivity contribution in [3.63, 3.8) is 0 Å². The van der Waals surface area contributed by atoms with Gasteiger partial charge in [0.15, 0.2) is 0 Å². The number of carbonyl (C=O) groups excluding carboxylic acids is 1. The molecule has 104 valence electrons. The van der Waals surface area contributed by atoms with E-state index in [4.69, 9.17) is 5.73 Å². The van der Waals surface area contributed by atoms with Crippen molar-refractivity contribution >= 4 is 27.5 Å². The second-order valence-corrected chi connectivity index (χ2v) is 6.42. The number of hydrogen-bond donors (Lipinski definition) is 2. The first-order valence-electron chi connectivity index (χ1n) is 6.90. The van der Waals surface area contributed by atoms with Crippen LogP contribution in [0.3, 0.4) is 0 Å². The van der Waals surface area contributed by atoms with Crippen LogP contribution in [0.25, 0.3) is 0 Å². The van der Waals surface area contributed by atoms with Crippen LogP contribution in [-0.2, 0) is 0 Å². The van der Waals surface area contributed by atoms with Crippen LogP contribution in [0.2, 0.25) is 0 Å². The highest BCUT2D eigenvalue weighted by Gasteiger charge is 2.21. The van der Waals surface area contributed by atoms with E-state index < -0.39 is 0 Å². The summed E-state index contributed by atoms with van der Waals surface area (Å²) < 4.78 is 0.837. The van der Waals surface area contributed by atoms with Gasteiger partial charge >= 0.3 is 0 Å². The maximum atomic E-state index is 12.1. The molecule has 1 amide bonds. The minimum atomic E-state index is -0.0363. The molecule has 1 aliphatic carbocycles. The van der Waals surface area contributed by atoms with Gasteiger partial charge in [-0.05, 0) is 36.5 Å². The molecule has 4 heteroatoms. The van der Waals surface area contributed by atoms with Gasteiger partial charge in [0, 0.05) is 22.3 Å². The fraction of sp³-hybridized carbons (Fsp3) is 0.533. The smallest absolute Gasteiger partial charge is 0.251 e. The molecule has 0 bridgehead atoms. The van der Waals surface area contributed by atoms with Crippen LogP contribution >= 0.6 is 15.9 Å². The van der Waals surface area contributed by atoms with E-state index in [-0.39, 0.29) is 5.91 Å². The lowest BCUT2D eigenvalue weighted by Gasteiger charge is -2.28. The number of anilines is 1. The molecule has 2 atom stereocenters. The Labute approximate surface area is 123 Å². The number of nitrogen functional groups attached to an aromatic ring is 1. The lowest BCUT2D eigenvalue weighted by molar-refractivity contribution is 0.0936. The van der Waals surface area contributed by atoms with E-state index in [0.29, 0.717) is 23.1 Å². The predicted octanol–water partition coefficient (Wildman–Crippen LogP) is 3.59. The molecule has 1 fully saturated rings. The van der Waals surface area contributed by atoms with E-state index in [1.165, 1.54) is 25.7 Å².